The van der Waals surface area contributed by atoms with Gasteiger partial charge in [0.05, 0.1) is 11.9 Å². The van der Waals surface area contributed by atoms with Gasteiger partial charge in [-0.05, 0) is 6.42 Å². The summed E-state index contributed by atoms with van der Waals surface area (Å²) in [5, 5.41) is 5.70. The minimum absolute atomic E-state index is 0.111. The summed E-state index contributed by atoms with van der Waals surface area (Å²) in [5.74, 6) is -0.475. The van der Waals surface area contributed by atoms with Gasteiger partial charge < -0.3 is 11.1 Å². The van der Waals surface area contributed by atoms with Gasteiger partial charge in [0, 0.05) is 13.0 Å². The van der Waals surface area contributed by atoms with Crippen molar-refractivity contribution in [1.82, 2.24) is 9.78 Å². The summed E-state index contributed by atoms with van der Waals surface area (Å²) in [5.41, 5.74) is 4.01. The number of hydrogen-bond acceptors (Lipinski definition) is 4. The number of anilines is 1. The highest BCUT2D eigenvalue weighted by atomic mass is 35.5. The van der Waals surface area contributed by atoms with Gasteiger partial charge in [-0.25, -0.2) is 4.68 Å². The lowest BCUT2D eigenvalue weighted by atomic mass is 10.3. The second-order valence-corrected chi connectivity index (χ2v) is 4.32. The van der Waals surface area contributed by atoms with E-state index in [0.29, 0.717) is 6.42 Å². The van der Waals surface area contributed by atoms with Crippen LogP contribution >= 0.6 is 11.6 Å². The Bertz CT molecular complexity index is 544. The summed E-state index contributed by atoms with van der Waals surface area (Å²) in [4.78, 5) is 22.1. The fraction of sp³-hybridized carbons (Fsp3) is 0.500. The van der Waals surface area contributed by atoms with Gasteiger partial charge in [-0.1, -0.05) is 11.6 Å². The smallest absolute Gasteiger partial charge is 0.382 e. The number of alkyl halides is 3. The van der Waals surface area contributed by atoms with Crippen LogP contribution in [0.2, 0.25) is 5.02 Å². The molecular weight excluding hydrogens is 301 g/mol. The molecule has 1 amide bonds. The number of amides is 1. The van der Waals surface area contributed by atoms with E-state index in [1.807, 2.05) is 0 Å². The molecule has 0 aromatic carbocycles. The molecule has 0 aliphatic rings. The molecule has 1 aromatic heterocycles. The van der Waals surface area contributed by atoms with Crippen molar-refractivity contribution in [2.75, 3.05) is 11.9 Å². The monoisotopic (exact) mass is 312 g/mol. The lowest BCUT2D eigenvalue weighted by molar-refractivity contribution is -0.143. The topological polar surface area (TPSA) is 90.0 Å². The Hall–Kier alpha value is -1.77. The predicted octanol–water partition coefficient (Wildman–Crippen LogP) is 1.14. The van der Waals surface area contributed by atoms with E-state index in [-0.39, 0.29) is 28.4 Å². The minimum atomic E-state index is -4.56. The van der Waals surface area contributed by atoms with Crippen molar-refractivity contribution in [3.8, 4) is 0 Å². The van der Waals surface area contributed by atoms with Gasteiger partial charge in [-0.3, -0.25) is 9.59 Å². The Kier molecular flexibility index (Phi) is 5.37. The highest BCUT2D eigenvalue weighted by Crippen LogP contribution is 2.19. The lowest BCUT2D eigenvalue weighted by Crippen LogP contribution is -2.31. The van der Waals surface area contributed by atoms with Crippen molar-refractivity contribution in [3.05, 3.63) is 21.6 Å². The second kappa shape index (κ2) is 6.60. The molecule has 3 N–H and O–H groups in total. The Morgan fingerprint density at radius 2 is 2.15 bits per heavy atom. The van der Waals surface area contributed by atoms with Crippen LogP contribution < -0.4 is 16.6 Å². The number of carbonyl (C=O) groups is 1. The molecular formula is C10H12ClF3N4O2. The molecule has 112 valence electrons. The van der Waals surface area contributed by atoms with E-state index in [1.165, 1.54) is 0 Å². The molecule has 1 rings (SSSR count). The van der Waals surface area contributed by atoms with Gasteiger partial charge in [-0.2, -0.15) is 18.3 Å². The second-order valence-electron chi connectivity index (χ2n) is 3.95. The number of nitrogens with zero attached hydrogens (tertiary/aromatic N) is 2. The summed E-state index contributed by atoms with van der Waals surface area (Å²) in [7, 11) is 0. The molecule has 0 bridgehead atoms. The van der Waals surface area contributed by atoms with Crippen LogP contribution in [0.1, 0.15) is 12.8 Å². The van der Waals surface area contributed by atoms with Gasteiger partial charge in [0.15, 0.2) is 0 Å². The van der Waals surface area contributed by atoms with Crippen molar-refractivity contribution in [2.45, 2.75) is 25.6 Å². The van der Waals surface area contributed by atoms with E-state index in [4.69, 9.17) is 17.3 Å². The summed E-state index contributed by atoms with van der Waals surface area (Å²) in [6.07, 6.45) is -2.99. The average Bonchev–Trinajstić information content (AvgIpc) is 2.31. The molecule has 1 aromatic rings. The van der Waals surface area contributed by atoms with E-state index >= 15 is 0 Å². The quantitative estimate of drug-likeness (QED) is 0.771. The summed E-state index contributed by atoms with van der Waals surface area (Å²) in [6, 6.07) is 0. The van der Waals surface area contributed by atoms with E-state index in [1.54, 1.807) is 0 Å². The SMILES string of the molecule is NC(=O)CCCNc1cnn(CC(F)(F)F)c(=O)c1Cl. The molecule has 0 atom stereocenters. The van der Waals surface area contributed by atoms with E-state index in [2.05, 4.69) is 10.4 Å². The molecule has 0 radical (unpaired) electrons. The minimum Gasteiger partial charge on any atom is -0.382 e. The van der Waals surface area contributed by atoms with Crippen LogP contribution in [0.25, 0.3) is 0 Å². The predicted molar refractivity (Wildman–Crippen MR) is 66.5 cm³/mol. The molecule has 0 unspecified atom stereocenters. The number of nitrogens with one attached hydrogen (secondary N) is 1. The van der Waals surface area contributed by atoms with Gasteiger partial charge in [0.2, 0.25) is 5.91 Å². The fourth-order valence-corrected chi connectivity index (χ4v) is 1.57. The largest absolute Gasteiger partial charge is 0.408 e. The zero-order valence-corrected chi connectivity index (χ0v) is 11.0. The van der Waals surface area contributed by atoms with E-state index < -0.39 is 24.2 Å². The highest BCUT2D eigenvalue weighted by molar-refractivity contribution is 6.32. The first-order valence-corrected chi connectivity index (χ1v) is 5.93. The Labute approximate surface area is 116 Å². The highest BCUT2D eigenvalue weighted by Gasteiger charge is 2.29. The molecule has 1 heterocycles. The van der Waals surface area contributed by atoms with Crippen molar-refractivity contribution in [1.29, 1.82) is 0 Å². The molecule has 10 heteroatoms. The average molecular weight is 313 g/mol. The summed E-state index contributed by atoms with van der Waals surface area (Å²) in [6.45, 7) is -1.22. The van der Waals surface area contributed by atoms with Crippen LogP contribution in [-0.2, 0) is 11.3 Å². The maximum atomic E-state index is 12.2. The molecule has 0 aliphatic heterocycles. The maximum absolute atomic E-state index is 12.2. The fourth-order valence-electron chi connectivity index (χ4n) is 1.36. The third-order valence-electron chi connectivity index (χ3n) is 2.23. The Balaban J connectivity index is 2.74. The number of aromatic nitrogens is 2. The van der Waals surface area contributed by atoms with Crippen LogP contribution in [0.3, 0.4) is 0 Å². The van der Waals surface area contributed by atoms with Gasteiger partial charge in [-0.15, -0.1) is 0 Å². The molecule has 6 nitrogen and oxygen atoms in total. The normalized spacial score (nSPS) is 11.4. The molecule has 0 saturated carbocycles. The van der Waals surface area contributed by atoms with Gasteiger partial charge >= 0.3 is 6.18 Å². The number of primary amides is 1. The molecule has 20 heavy (non-hydrogen) atoms. The number of hydrogen-bond donors (Lipinski definition) is 2. The van der Waals surface area contributed by atoms with Crippen LogP contribution in [0, 0.1) is 0 Å². The van der Waals surface area contributed by atoms with Crippen molar-refractivity contribution in [3.63, 3.8) is 0 Å². The third-order valence-corrected chi connectivity index (χ3v) is 2.59. The summed E-state index contributed by atoms with van der Waals surface area (Å²) < 4.78 is 36.8. The summed E-state index contributed by atoms with van der Waals surface area (Å²) >= 11 is 5.67. The Morgan fingerprint density at radius 1 is 1.50 bits per heavy atom. The molecule has 0 spiro atoms. The number of rotatable bonds is 6. The Morgan fingerprint density at radius 3 is 2.70 bits per heavy atom. The first-order valence-electron chi connectivity index (χ1n) is 5.55. The zero-order chi connectivity index (χ0) is 15.3. The zero-order valence-electron chi connectivity index (χ0n) is 10.2. The number of nitrogens with two attached hydrogens (primary N) is 1. The molecule has 0 aliphatic carbocycles. The number of halogens is 4. The van der Waals surface area contributed by atoms with Crippen LogP contribution in [0.4, 0.5) is 18.9 Å². The van der Waals surface area contributed by atoms with Crippen molar-refractivity contribution >= 4 is 23.2 Å². The standard InChI is InChI=1S/C10H12ClF3N4O2/c11-8-6(16-3-1-2-7(15)19)4-17-18(9(8)20)5-10(12,13)14/h4,16H,1-3,5H2,(H2,15,19). The first-order chi connectivity index (χ1) is 9.20. The first kappa shape index (κ1) is 16.3. The van der Waals surface area contributed by atoms with E-state index in [0.717, 1.165) is 6.20 Å². The maximum Gasteiger partial charge on any atom is 0.408 e. The third kappa shape index (κ3) is 5.08. The molecule has 0 saturated heterocycles. The number of carbonyl (C=O) groups excluding carboxylic acids is 1. The van der Waals surface area contributed by atoms with Gasteiger partial charge in [0.25, 0.3) is 5.56 Å². The lowest BCUT2D eigenvalue weighted by Gasteiger charge is -2.11. The van der Waals surface area contributed by atoms with E-state index in [9.17, 15) is 22.8 Å². The van der Waals surface area contributed by atoms with Crippen molar-refractivity contribution < 1.29 is 18.0 Å². The van der Waals surface area contributed by atoms with Crippen LogP contribution in [0.5, 0.6) is 0 Å². The van der Waals surface area contributed by atoms with Crippen LogP contribution in [-0.4, -0.2) is 28.4 Å². The van der Waals surface area contributed by atoms with Crippen LogP contribution in [0.15, 0.2) is 11.0 Å². The molecule has 0 fully saturated rings. The van der Waals surface area contributed by atoms with Crippen molar-refractivity contribution in [2.24, 2.45) is 5.73 Å². The van der Waals surface area contributed by atoms with Gasteiger partial charge in [0.1, 0.15) is 11.6 Å².